The highest BCUT2D eigenvalue weighted by Crippen LogP contribution is 2.28. The van der Waals surface area contributed by atoms with Gasteiger partial charge in [0.2, 0.25) is 0 Å². The third kappa shape index (κ3) is 5.36. The Kier molecular flexibility index (Phi) is 7.51. The minimum absolute atomic E-state index is 0.626. The molecule has 1 aromatic carbocycles. The van der Waals surface area contributed by atoms with Gasteiger partial charge in [-0.3, -0.25) is 0 Å². The average Bonchev–Trinajstić information content (AvgIpc) is 2.71. The summed E-state index contributed by atoms with van der Waals surface area (Å²) < 4.78 is 11.4. The second kappa shape index (κ2) is 10.3. The zero-order valence-corrected chi connectivity index (χ0v) is 17.3. The standard InChI is InChI=1S/C22H32N4O2/c1-4-27-20-9-8-18(15-21(20)28-5-2)16-23-17-19-7-6-10-24-22(19)26-13-11-25(3)12-14-26/h6-10,15,23H,4-5,11-14,16-17H2,1-3H3. The summed E-state index contributed by atoms with van der Waals surface area (Å²) in [7, 11) is 2.17. The van der Waals surface area contributed by atoms with Crippen LogP contribution < -0.4 is 19.7 Å². The van der Waals surface area contributed by atoms with Crippen LogP contribution in [0, 0.1) is 0 Å². The molecule has 1 aliphatic rings. The molecule has 3 rings (SSSR count). The van der Waals surface area contributed by atoms with Gasteiger partial charge in [-0.2, -0.15) is 0 Å². The number of nitrogens with zero attached hydrogens (tertiary/aromatic N) is 3. The van der Waals surface area contributed by atoms with Crippen molar-refractivity contribution in [2.75, 3.05) is 51.3 Å². The van der Waals surface area contributed by atoms with E-state index in [0.717, 1.165) is 56.6 Å². The van der Waals surface area contributed by atoms with E-state index in [2.05, 4.69) is 45.3 Å². The van der Waals surface area contributed by atoms with Gasteiger partial charge in [-0.1, -0.05) is 12.1 Å². The van der Waals surface area contributed by atoms with E-state index in [0.29, 0.717) is 13.2 Å². The molecule has 0 bridgehead atoms. The van der Waals surface area contributed by atoms with E-state index in [1.807, 2.05) is 32.2 Å². The molecule has 6 nitrogen and oxygen atoms in total. The van der Waals surface area contributed by atoms with Crippen molar-refractivity contribution in [1.82, 2.24) is 15.2 Å². The van der Waals surface area contributed by atoms with Gasteiger partial charge in [-0.25, -0.2) is 4.98 Å². The van der Waals surface area contributed by atoms with E-state index in [1.54, 1.807) is 0 Å². The lowest BCUT2D eigenvalue weighted by atomic mass is 10.1. The number of aromatic nitrogens is 1. The highest BCUT2D eigenvalue weighted by molar-refractivity contribution is 5.47. The molecule has 1 aromatic heterocycles. The maximum Gasteiger partial charge on any atom is 0.161 e. The molecule has 0 unspecified atom stereocenters. The van der Waals surface area contributed by atoms with Crippen LogP contribution >= 0.6 is 0 Å². The van der Waals surface area contributed by atoms with Crippen LogP contribution in [0.1, 0.15) is 25.0 Å². The van der Waals surface area contributed by atoms with Gasteiger partial charge in [0, 0.05) is 51.0 Å². The van der Waals surface area contributed by atoms with Crippen LogP contribution in [0.5, 0.6) is 11.5 Å². The third-order valence-electron chi connectivity index (χ3n) is 4.92. The third-order valence-corrected chi connectivity index (χ3v) is 4.92. The molecule has 1 N–H and O–H groups in total. The normalized spacial score (nSPS) is 14.9. The van der Waals surface area contributed by atoms with E-state index in [9.17, 15) is 0 Å². The van der Waals surface area contributed by atoms with Crippen LogP contribution in [0.25, 0.3) is 0 Å². The predicted octanol–water partition coefficient (Wildman–Crippen LogP) is 2.92. The van der Waals surface area contributed by atoms with Gasteiger partial charge in [0.15, 0.2) is 11.5 Å². The molecule has 0 aliphatic carbocycles. The quantitative estimate of drug-likeness (QED) is 0.717. The predicted molar refractivity (Wildman–Crippen MR) is 113 cm³/mol. The molecular formula is C22H32N4O2. The molecular weight excluding hydrogens is 352 g/mol. The van der Waals surface area contributed by atoms with Crippen molar-refractivity contribution in [3.63, 3.8) is 0 Å². The van der Waals surface area contributed by atoms with Gasteiger partial charge >= 0.3 is 0 Å². The summed E-state index contributed by atoms with van der Waals surface area (Å²) in [6.07, 6.45) is 1.89. The molecule has 0 radical (unpaired) electrons. The fourth-order valence-electron chi connectivity index (χ4n) is 3.42. The topological polar surface area (TPSA) is 49.9 Å². The van der Waals surface area contributed by atoms with Gasteiger partial charge in [0.1, 0.15) is 5.82 Å². The highest BCUT2D eigenvalue weighted by atomic mass is 16.5. The van der Waals surface area contributed by atoms with Crippen molar-refractivity contribution in [2.45, 2.75) is 26.9 Å². The Balaban J connectivity index is 1.61. The van der Waals surface area contributed by atoms with Crippen LogP contribution in [-0.4, -0.2) is 56.3 Å². The number of pyridine rings is 1. The summed E-state index contributed by atoms with van der Waals surface area (Å²) in [6.45, 7) is 11.0. The Hall–Kier alpha value is -2.31. The molecule has 1 aliphatic heterocycles. The van der Waals surface area contributed by atoms with Gasteiger partial charge < -0.3 is 24.6 Å². The monoisotopic (exact) mass is 384 g/mol. The SMILES string of the molecule is CCOc1ccc(CNCc2cccnc2N2CCN(C)CC2)cc1OCC. The largest absolute Gasteiger partial charge is 0.490 e. The zero-order valence-electron chi connectivity index (χ0n) is 17.3. The van der Waals surface area contributed by atoms with Gasteiger partial charge in [0.25, 0.3) is 0 Å². The van der Waals surface area contributed by atoms with Crippen LogP contribution in [0.3, 0.4) is 0 Å². The number of likely N-dealkylation sites (N-methyl/N-ethyl adjacent to an activating group) is 1. The summed E-state index contributed by atoms with van der Waals surface area (Å²) in [4.78, 5) is 9.40. The maximum atomic E-state index is 5.73. The number of nitrogens with one attached hydrogen (secondary N) is 1. The van der Waals surface area contributed by atoms with Crippen molar-refractivity contribution in [3.05, 3.63) is 47.7 Å². The summed E-state index contributed by atoms with van der Waals surface area (Å²) in [6, 6.07) is 10.3. The highest BCUT2D eigenvalue weighted by Gasteiger charge is 2.17. The summed E-state index contributed by atoms with van der Waals surface area (Å²) >= 11 is 0. The fourth-order valence-corrected chi connectivity index (χ4v) is 3.42. The van der Waals surface area contributed by atoms with Crippen molar-refractivity contribution < 1.29 is 9.47 Å². The first-order valence-corrected chi connectivity index (χ1v) is 10.2. The molecule has 0 atom stereocenters. The number of benzene rings is 1. The molecule has 0 spiro atoms. The molecule has 152 valence electrons. The van der Waals surface area contributed by atoms with E-state index < -0.39 is 0 Å². The maximum absolute atomic E-state index is 5.73. The second-order valence-corrected chi connectivity index (χ2v) is 7.03. The number of rotatable bonds is 9. The second-order valence-electron chi connectivity index (χ2n) is 7.03. The van der Waals surface area contributed by atoms with Crippen molar-refractivity contribution in [2.24, 2.45) is 0 Å². The lowest BCUT2D eigenvalue weighted by Gasteiger charge is -2.34. The first-order chi connectivity index (χ1) is 13.7. The number of hydrogen-bond acceptors (Lipinski definition) is 6. The minimum atomic E-state index is 0.626. The van der Waals surface area contributed by atoms with E-state index >= 15 is 0 Å². The first-order valence-electron chi connectivity index (χ1n) is 10.2. The van der Waals surface area contributed by atoms with Crippen molar-refractivity contribution in [1.29, 1.82) is 0 Å². The summed E-state index contributed by atoms with van der Waals surface area (Å²) in [5.74, 6) is 2.71. The van der Waals surface area contributed by atoms with Crippen molar-refractivity contribution >= 4 is 5.82 Å². The Labute approximate surface area is 168 Å². The summed E-state index contributed by atoms with van der Waals surface area (Å²) in [5.41, 5.74) is 2.42. The smallest absolute Gasteiger partial charge is 0.161 e. The van der Waals surface area contributed by atoms with Crippen LogP contribution in [0.4, 0.5) is 5.82 Å². The van der Waals surface area contributed by atoms with Gasteiger partial charge in [-0.15, -0.1) is 0 Å². The summed E-state index contributed by atoms with van der Waals surface area (Å²) in [5, 5.41) is 3.55. The first kappa shape index (κ1) is 20.4. The molecule has 1 saturated heterocycles. The molecule has 1 fully saturated rings. The molecule has 0 amide bonds. The Morgan fingerprint density at radius 3 is 2.46 bits per heavy atom. The van der Waals surface area contributed by atoms with Crippen LogP contribution in [-0.2, 0) is 13.1 Å². The van der Waals surface area contributed by atoms with E-state index in [-0.39, 0.29) is 0 Å². The van der Waals surface area contributed by atoms with Crippen LogP contribution in [0.15, 0.2) is 36.5 Å². The van der Waals surface area contributed by atoms with Gasteiger partial charge in [-0.05, 0) is 44.7 Å². The Morgan fingerprint density at radius 1 is 0.964 bits per heavy atom. The van der Waals surface area contributed by atoms with Gasteiger partial charge in [0.05, 0.1) is 13.2 Å². The molecule has 2 aromatic rings. The lowest BCUT2D eigenvalue weighted by Crippen LogP contribution is -2.45. The molecule has 28 heavy (non-hydrogen) atoms. The number of piperazine rings is 1. The Morgan fingerprint density at radius 2 is 1.71 bits per heavy atom. The minimum Gasteiger partial charge on any atom is -0.490 e. The molecule has 2 heterocycles. The molecule has 6 heteroatoms. The number of ether oxygens (including phenoxy) is 2. The van der Waals surface area contributed by atoms with Crippen LogP contribution in [0.2, 0.25) is 0 Å². The van der Waals surface area contributed by atoms with Crippen molar-refractivity contribution in [3.8, 4) is 11.5 Å². The zero-order chi connectivity index (χ0) is 19.8. The number of anilines is 1. The Bertz CT molecular complexity index is 745. The lowest BCUT2D eigenvalue weighted by molar-refractivity contribution is 0.287. The average molecular weight is 385 g/mol. The van der Waals surface area contributed by atoms with E-state index in [4.69, 9.17) is 9.47 Å². The number of hydrogen-bond donors (Lipinski definition) is 1. The molecule has 0 saturated carbocycles. The fraction of sp³-hybridized carbons (Fsp3) is 0.500. The van der Waals surface area contributed by atoms with E-state index in [1.165, 1.54) is 11.1 Å².